The number of ether oxygens (including phenoxy) is 2. The molecule has 0 spiro atoms. The van der Waals surface area contributed by atoms with E-state index in [1.165, 1.54) is 24.8 Å². The van der Waals surface area contributed by atoms with E-state index in [1.54, 1.807) is 0 Å². The van der Waals surface area contributed by atoms with Gasteiger partial charge in [0.05, 0.1) is 0 Å². The predicted molar refractivity (Wildman–Crippen MR) is 72.4 cm³/mol. The Labute approximate surface area is 113 Å². The Balaban J connectivity index is 1.82. The van der Waals surface area contributed by atoms with Crippen molar-refractivity contribution in [1.29, 1.82) is 0 Å². The molecule has 0 radical (unpaired) electrons. The summed E-state index contributed by atoms with van der Waals surface area (Å²) >= 11 is 0. The summed E-state index contributed by atoms with van der Waals surface area (Å²) in [6.45, 7) is 2.78. The van der Waals surface area contributed by atoms with E-state index in [4.69, 9.17) is 9.47 Å². The predicted octanol–water partition coefficient (Wildman–Crippen LogP) is 2.32. The Morgan fingerprint density at radius 3 is 2.68 bits per heavy atom. The van der Waals surface area contributed by atoms with Crippen LogP contribution in [0.2, 0.25) is 0 Å². The van der Waals surface area contributed by atoms with Crippen molar-refractivity contribution >= 4 is 0 Å². The monoisotopic (exact) mass is 263 g/mol. The number of hydrogen-bond donors (Lipinski definition) is 1. The van der Waals surface area contributed by atoms with Gasteiger partial charge in [0.1, 0.15) is 0 Å². The van der Waals surface area contributed by atoms with E-state index in [0.717, 1.165) is 31.0 Å². The molecule has 2 aliphatic rings. The molecular formula is C15H21NO3. The fourth-order valence-electron chi connectivity index (χ4n) is 3.03. The fraction of sp³-hybridized carbons (Fsp3) is 0.600. The molecule has 104 valence electrons. The summed E-state index contributed by atoms with van der Waals surface area (Å²) in [5, 5.41) is 9.34. The first-order valence-electron chi connectivity index (χ1n) is 7.13. The van der Waals surface area contributed by atoms with Gasteiger partial charge < -0.3 is 14.6 Å². The third-order valence-corrected chi connectivity index (χ3v) is 4.02. The van der Waals surface area contributed by atoms with Crippen molar-refractivity contribution < 1.29 is 14.6 Å². The van der Waals surface area contributed by atoms with E-state index >= 15 is 0 Å². The first kappa shape index (κ1) is 12.8. The molecular weight excluding hydrogens is 242 g/mol. The second-order valence-electron chi connectivity index (χ2n) is 5.24. The highest BCUT2D eigenvalue weighted by atomic mass is 16.7. The van der Waals surface area contributed by atoms with Crippen molar-refractivity contribution in [3.63, 3.8) is 0 Å². The molecule has 1 aromatic carbocycles. The summed E-state index contributed by atoms with van der Waals surface area (Å²) in [5.41, 5.74) is 1.22. The number of benzene rings is 1. The topological polar surface area (TPSA) is 41.9 Å². The third kappa shape index (κ3) is 2.69. The van der Waals surface area contributed by atoms with E-state index in [2.05, 4.69) is 17.0 Å². The van der Waals surface area contributed by atoms with Crippen molar-refractivity contribution in [2.75, 3.05) is 26.5 Å². The maximum Gasteiger partial charge on any atom is 0.231 e. The number of likely N-dealkylation sites (tertiary alicyclic amines) is 1. The molecule has 1 atom stereocenters. The molecule has 1 fully saturated rings. The lowest BCUT2D eigenvalue weighted by molar-refractivity contribution is 0.133. The van der Waals surface area contributed by atoms with Crippen LogP contribution in [0.25, 0.3) is 0 Å². The molecule has 0 amide bonds. The molecule has 4 nitrogen and oxygen atoms in total. The molecule has 2 aliphatic heterocycles. The van der Waals surface area contributed by atoms with Gasteiger partial charge in [0.25, 0.3) is 0 Å². The van der Waals surface area contributed by atoms with Crippen molar-refractivity contribution in [1.82, 2.24) is 4.90 Å². The van der Waals surface area contributed by atoms with Gasteiger partial charge in [-0.2, -0.15) is 0 Å². The molecule has 4 heteroatoms. The molecule has 1 saturated heterocycles. The highest BCUT2D eigenvalue weighted by molar-refractivity contribution is 5.45. The highest BCUT2D eigenvalue weighted by Crippen LogP contribution is 2.36. The number of hydrogen-bond acceptors (Lipinski definition) is 4. The van der Waals surface area contributed by atoms with E-state index in [-0.39, 0.29) is 6.61 Å². The lowest BCUT2D eigenvalue weighted by Gasteiger charge is -2.34. The fourth-order valence-corrected chi connectivity index (χ4v) is 3.03. The van der Waals surface area contributed by atoms with Gasteiger partial charge in [-0.05, 0) is 50.0 Å². The van der Waals surface area contributed by atoms with Gasteiger partial charge in [-0.25, -0.2) is 0 Å². The van der Waals surface area contributed by atoms with Gasteiger partial charge in [-0.15, -0.1) is 0 Å². The summed E-state index contributed by atoms with van der Waals surface area (Å²) in [6.07, 6.45) is 4.61. The highest BCUT2D eigenvalue weighted by Gasteiger charge is 2.24. The van der Waals surface area contributed by atoms with Crippen LogP contribution in [-0.4, -0.2) is 36.5 Å². The molecule has 1 aromatic rings. The smallest absolute Gasteiger partial charge is 0.231 e. The number of piperidine rings is 1. The SMILES string of the molecule is OCC[C@@H](c1ccc2c(c1)OCO2)N1CCCCC1. The van der Waals surface area contributed by atoms with Gasteiger partial charge in [-0.3, -0.25) is 4.90 Å². The first-order chi connectivity index (χ1) is 9.38. The van der Waals surface area contributed by atoms with Crippen LogP contribution in [0.5, 0.6) is 11.5 Å². The van der Waals surface area contributed by atoms with Crippen molar-refractivity contribution in [3.8, 4) is 11.5 Å². The van der Waals surface area contributed by atoms with E-state index < -0.39 is 0 Å². The van der Waals surface area contributed by atoms with E-state index in [9.17, 15) is 5.11 Å². The standard InChI is InChI=1S/C15H21NO3/c17-9-6-13(16-7-2-1-3-8-16)12-4-5-14-15(10-12)19-11-18-14/h4-5,10,13,17H,1-3,6-9,11H2/t13-/m0/s1. The Kier molecular flexibility index (Phi) is 3.89. The normalized spacial score (nSPS) is 20.5. The Morgan fingerprint density at radius 1 is 1.11 bits per heavy atom. The lowest BCUT2D eigenvalue weighted by Crippen LogP contribution is -2.34. The average Bonchev–Trinajstić information content (AvgIpc) is 2.93. The molecule has 1 N–H and O–H groups in total. The van der Waals surface area contributed by atoms with Gasteiger partial charge in [0.2, 0.25) is 6.79 Å². The molecule has 0 unspecified atom stereocenters. The lowest BCUT2D eigenvalue weighted by atomic mass is 9.99. The zero-order valence-corrected chi connectivity index (χ0v) is 11.2. The maximum atomic E-state index is 9.34. The van der Waals surface area contributed by atoms with Crippen LogP contribution < -0.4 is 9.47 Å². The summed E-state index contributed by atoms with van der Waals surface area (Å²) in [7, 11) is 0. The summed E-state index contributed by atoms with van der Waals surface area (Å²) in [6, 6.07) is 6.44. The number of fused-ring (bicyclic) bond motifs is 1. The Bertz CT molecular complexity index is 429. The van der Waals surface area contributed by atoms with Crippen LogP contribution in [0.4, 0.5) is 0 Å². The van der Waals surface area contributed by atoms with Crippen molar-refractivity contribution in [3.05, 3.63) is 23.8 Å². The summed E-state index contributed by atoms with van der Waals surface area (Å²) in [5.74, 6) is 1.66. The van der Waals surface area contributed by atoms with E-state index in [1.807, 2.05) is 6.07 Å². The number of aliphatic hydroxyl groups excluding tert-OH is 1. The van der Waals surface area contributed by atoms with Crippen LogP contribution >= 0.6 is 0 Å². The number of rotatable bonds is 4. The largest absolute Gasteiger partial charge is 0.454 e. The van der Waals surface area contributed by atoms with Crippen molar-refractivity contribution in [2.45, 2.75) is 31.7 Å². The molecule has 19 heavy (non-hydrogen) atoms. The van der Waals surface area contributed by atoms with Crippen LogP contribution in [-0.2, 0) is 0 Å². The number of aliphatic hydroxyl groups is 1. The quantitative estimate of drug-likeness (QED) is 0.905. The van der Waals surface area contributed by atoms with Gasteiger partial charge >= 0.3 is 0 Å². The van der Waals surface area contributed by atoms with Crippen LogP contribution in [0, 0.1) is 0 Å². The van der Waals surface area contributed by atoms with E-state index in [0.29, 0.717) is 12.8 Å². The van der Waals surface area contributed by atoms with Crippen LogP contribution in [0.1, 0.15) is 37.3 Å². The minimum absolute atomic E-state index is 0.218. The Hall–Kier alpha value is -1.26. The minimum atomic E-state index is 0.218. The minimum Gasteiger partial charge on any atom is -0.454 e. The molecule has 3 rings (SSSR count). The second-order valence-corrected chi connectivity index (χ2v) is 5.24. The summed E-state index contributed by atoms with van der Waals surface area (Å²) < 4.78 is 10.8. The van der Waals surface area contributed by atoms with Gasteiger partial charge in [0, 0.05) is 12.6 Å². The van der Waals surface area contributed by atoms with Gasteiger partial charge in [0.15, 0.2) is 11.5 Å². The molecule has 2 heterocycles. The molecule has 0 aromatic heterocycles. The summed E-state index contributed by atoms with van der Waals surface area (Å²) in [4.78, 5) is 2.48. The number of nitrogens with zero attached hydrogens (tertiary/aromatic N) is 1. The van der Waals surface area contributed by atoms with Crippen LogP contribution in [0.15, 0.2) is 18.2 Å². The maximum absolute atomic E-state index is 9.34. The zero-order valence-electron chi connectivity index (χ0n) is 11.2. The average molecular weight is 263 g/mol. The van der Waals surface area contributed by atoms with Crippen LogP contribution in [0.3, 0.4) is 0 Å². The van der Waals surface area contributed by atoms with Gasteiger partial charge in [-0.1, -0.05) is 12.5 Å². The molecule has 0 aliphatic carbocycles. The molecule has 0 saturated carbocycles. The second kappa shape index (κ2) is 5.80. The Morgan fingerprint density at radius 2 is 1.89 bits per heavy atom. The molecule has 0 bridgehead atoms. The third-order valence-electron chi connectivity index (χ3n) is 4.02. The zero-order chi connectivity index (χ0) is 13.1. The van der Waals surface area contributed by atoms with Crippen molar-refractivity contribution in [2.24, 2.45) is 0 Å². The first-order valence-corrected chi connectivity index (χ1v) is 7.13.